The van der Waals surface area contributed by atoms with Crippen molar-refractivity contribution >= 4 is 33.2 Å². The van der Waals surface area contributed by atoms with Crippen molar-refractivity contribution in [2.75, 3.05) is 11.1 Å². The van der Waals surface area contributed by atoms with Gasteiger partial charge in [0, 0.05) is 10.0 Å². The number of nitrogens with two attached hydrogens (primary N) is 1. The van der Waals surface area contributed by atoms with Crippen LogP contribution in [0.2, 0.25) is 0 Å². The summed E-state index contributed by atoms with van der Waals surface area (Å²) in [6, 6.07) is 7.78. The summed E-state index contributed by atoms with van der Waals surface area (Å²) in [4.78, 5) is 11.8. The molecule has 0 saturated carbocycles. The minimum atomic E-state index is -0.692. The lowest BCUT2D eigenvalue weighted by atomic mass is 10.2. The van der Waals surface area contributed by atoms with Gasteiger partial charge < -0.3 is 11.1 Å². The number of halogens is 3. The molecule has 0 atom stereocenters. The number of amides is 1. The monoisotopic (exact) mass is 326 g/mol. The Morgan fingerprint density at radius 1 is 1.11 bits per heavy atom. The molecule has 0 unspecified atom stereocenters. The van der Waals surface area contributed by atoms with Crippen LogP contribution >= 0.6 is 15.9 Å². The van der Waals surface area contributed by atoms with Gasteiger partial charge in [-0.1, -0.05) is 15.9 Å². The average Bonchev–Trinajstić information content (AvgIpc) is 2.37. The van der Waals surface area contributed by atoms with Crippen molar-refractivity contribution < 1.29 is 13.6 Å². The van der Waals surface area contributed by atoms with Crippen molar-refractivity contribution in [3.05, 3.63) is 58.1 Å². The van der Waals surface area contributed by atoms with Crippen molar-refractivity contribution in [1.82, 2.24) is 0 Å². The number of hydrogen-bond acceptors (Lipinski definition) is 2. The van der Waals surface area contributed by atoms with E-state index < -0.39 is 17.5 Å². The lowest BCUT2D eigenvalue weighted by Crippen LogP contribution is -2.13. The fourth-order valence-corrected chi connectivity index (χ4v) is 1.82. The van der Waals surface area contributed by atoms with E-state index in [1.54, 1.807) is 0 Å². The Bertz CT molecular complexity index is 647. The molecule has 3 nitrogen and oxygen atoms in total. The molecule has 0 aromatic heterocycles. The van der Waals surface area contributed by atoms with Crippen molar-refractivity contribution in [2.24, 2.45) is 0 Å². The number of rotatable bonds is 2. The van der Waals surface area contributed by atoms with E-state index >= 15 is 0 Å². The van der Waals surface area contributed by atoms with E-state index in [0.717, 1.165) is 6.07 Å². The van der Waals surface area contributed by atoms with Gasteiger partial charge in [-0.15, -0.1) is 0 Å². The normalized spacial score (nSPS) is 10.3. The van der Waals surface area contributed by atoms with Crippen LogP contribution in [-0.4, -0.2) is 5.91 Å². The van der Waals surface area contributed by atoms with E-state index in [-0.39, 0.29) is 16.9 Å². The molecule has 19 heavy (non-hydrogen) atoms. The summed E-state index contributed by atoms with van der Waals surface area (Å²) in [5.41, 5.74) is 5.33. The van der Waals surface area contributed by atoms with Gasteiger partial charge in [-0.3, -0.25) is 4.79 Å². The zero-order valence-corrected chi connectivity index (χ0v) is 11.2. The second-order valence-corrected chi connectivity index (χ2v) is 4.73. The summed E-state index contributed by atoms with van der Waals surface area (Å²) in [6.07, 6.45) is 0. The van der Waals surface area contributed by atoms with Crippen molar-refractivity contribution in [1.29, 1.82) is 0 Å². The van der Waals surface area contributed by atoms with Crippen LogP contribution in [0.3, 0.4) is 0 Å². The summed E-state index contributed by atoms with van der Waals surface area (Å²) in [7, 11) is 0. The second kappa shape index (κ2) is 5.36. The Morgan fingerprint density at radius 3 is 2.53 bits per heavy atom. The highest BCUT2D eigenvalue weighted by atomic mass is 79.9. The smallest absolute Gasteiger partial charge is 0.255 e. The molecule has 0 aliphatic carbocycles. The molecule has 3 N–H and O–H groups in total. The summed E-state index contributed by atoms with van der Waals surface area (Å²) in [5, 5.41) is 2.36. The van der Waals surface area contributed by atoms with Crippen molar-refractivity contribution in [3.8, 4) is 0 Å². The standard InChI is InChI=1S/C13H9BrF2N2O/c14-8-2-3-9(15)12(6-8)18-13(19)7-1-4-11(17)10(16)5-7/h1-6H,17H2,(H,18,19). The molecule has 0 radical (unpaired) electrons. The van der Waals surface area contributed by atoms with Crippen LogP contribution in [0, 0.1) is 11.6 Å². The van der Waals surface area contributed by atoms with Crippen LogP contribution < -0.4 is 11.1 Å². The summed E-state index contributed by atoms with van der Waals surface area (Å²) in [5.74, 6) is -1.88. The zero-order chi connectivity index (χ0) is 14.0. The third-order valence-corrected chi connectivity index (χ3v) is 2.93. The average molecular weight is 327 g/mol. The van der Waals surface area contributed by atoms with Gasteiger partial charge in [0.25, 0.3) is 5.91 Å². The maximum atomic E-state index is 13.5. The third kappa shape index (κ3) is 3.08. The molecule has 0 aliphatic rings. The molecule has 98 valence electrons. The summed E-state index contributed by atoms with van der Waals surface area (Å²) >= 11 is 3.17. The molecule has 0 saturated heterocycles. The molecule has 1 amide bonds. The van der Waals surface area contributed by atoms with Crippen LogP contribution in [-0.2, 0) is 0 Å². The SMILES string of the molecule is Nc1ccc(C(=O)Nc2cc(Br)ccc2F)cc1F. The first kappa shape index (κ1) is 13.5. The van der Waals surface area contributed by atoms with Crippen LogP contribution in [0.5, 0.6) is 0 Å². The first-order valence-electron chi connectivity index (χ1n) is 5.29. The second-order valence-electron chi connectivity index (χ2n) is 3.81. The molecule has 0 fully saturated rings. The predicted molar refractivity (Wildman–Crippen MR) is 72.9 cm³/mol. The Morgan fingerprint density at radius 2 is 1.84 bits per heavy atom. The molecule has 0 aliphatic heterocycles. The minimum Gasteiger partial charge on any atom is -0.396 e. The van der Waals surface area contributed by atoms with E-state index in [9.17, 15) is 13.6 Å². The molecule has 2 aromatic carbocycles. The van der Waals surface area contributed by atoms with E-state index in [0.29, 0.717) is 4.47 Å². The first-order valence-corrected chi connectivity index (χ1v) is 6.08. The topological polar surface area (TPSA) is 55.1 Å². The number of benzene rings is 2. The van der Waals surface area contributed by atoms with E-state index in [4.69, 9.17) is 5.73 Å². The Balaban J connectivity index is 2.25. The quantitative estimate of drug-likeness (QED) is 0.829. The number of hydrogen-bond donors (Lipinski definition) is 2. The van der Waals surface area contributed by atoms with Gasteiger partial charge in [-0.2, -0.15) is 0 Å². The highest BCUT2D eigenvalue weighted by Crippen LogP contribution is 2.21. The van der Waals surface area contributed by atoms with Crippen molar-refractivity contribution in [3.63, 3.8) is 0 Å². The number of nitrogens with one attached hydrogen (secondary N) is 1. The zero-order valence-electron chi connectivity index (χ0n) is 9.58. The van der Waals surface area contributed by atoms with Crippen LogP contribution in [0.4, 0.5) is 20.2 Å². The van der Waals surface area contributed by atoms with Gasteiger partial charge in [-0.05, 0) is 36.4 Å². The van der Waals surface area contributed by atoms with E-state index in [1.165, 1.54) is 30.3 Å². The van der Waals surface area contributed by atoms with Gasteiger partial charge in [0.05, 0.1) is 11.4 Å². The Kier molecular flexibility index (Phi) is 3.80. The number of carbonyl (C=O) groups is 1. The molecule has 0 spiro atoms. The van der Waals surface area contributed by atoms with E-state index in [2.05, 4.69) is 21.2 Å². The number of anilines is 2. The van der Waals surface area contributed by atoms with Crippen LogP contribution in [0.1, 0.15) is 10.4 Å². The van der Waals surface area contributed by atoms with E-state index in [1.807, 2.05) is 0 Å². The number of nitrogen functional groups attached to an aromatic ring is 1. The molecule has 0 bridgehead atoms. The number of carbonyl (C=O) groups excluding carboxylic acids is 1. The molecule has 2 rings (SSSR count). The highest BCUT2D eigenvalue weighted by Gasteiger charge is 2.11. The van der Waals surface area contributed by atoms with Crippen molar-refractivity contribution in [2.45, 2.75) is 0 Å². The third-order valence-electron chi connectivity index (χ3n) is 2.44. The predicted octanol–water partition coefficient (Wildman–Crippen LogP) is 3.56. The maximum Gasteiger partial charge on any atom is 0.255 e. The van der Waals surface area contributed by atoms with Gasteiger partial charge in [0.2, 0.25) is 0 Å². The lowest BCUT2D eigenvalue weighted by Gasteiger charge is -2.07. The largest absolute Gasteiger partial charge is 0.396 e. The van der Waals surface area contributed by atoms with Crippen LogP contribution in [0.15, 0.2) is 40.9 Å². The fourth-order valence-electron chi connectivity index (χ4n) is 1.46. The van der Waals surface area contributed by atoms with Gasteiger partial charge in [-0.25, -0.2) is 8.78 Å². The summed E-state index contributed by atoms with van der Waals surface area (Å²) in [6.45, 7) is 0. The Hall–Kier alpha value is -1.95. The maximum absolute atomic E-state index is 13.5. The fraction of sp³-hybridized carbons (Fsp3) is 0. The Labute approximate surface area is 116 Å². The lowest BCUT2D eigenvalue weighted by molar-refractivity contribution is 0.102. The highest BCUT2D eigenvalue weighted by molar-refractivity contribution is 9.10. The minimum absolute atomic E-state index is 0.0107. The molecular formula is C13H9BrF2N2O. The molecule has 6 heteroatoms. The van der Waals surface area contributed by atoms with Gasteiger partial charge >= 0.3 is 0 Å². The molecule has 0 heterocycles. The first-order chi connectivity index (χ1) is 8.97. The summed E-state index contributed by atoms with van der Waals surface area (Å²) < 4.78 is 27.3. The van der Waals surface area contributed by atoms with Gasteiger partial charge in [0.1, 0.15) is 11.6 Å². The molecule has 2 aromatic rings. The van der Waals surface area contributed by atoms with Gasteiger partial charge in [0.15, 0.2) is 0 Å². The molecular weight excluding hydrogens is 318 g/mol. The van der Waals surface area contributed by atoms with Crippen LogP contribution in [0.25, 0.3) is 0 Å².